The number of carbonyl (C=O) groups is 4. The van der Waals surface area contributed by atoms with Crippen molar-refractivity contribution in [2.75, 3.05) is 12.4 Å². The van der Waals surface area contributed by atoms with Crippen molar-refractivity contribution in [1.29, 1.82) is 0 Å². The van der Waals surface area contributed by atoms with Gasteiger partial charge < -0.3 is 10.6 Å². The summed E-state index contributed by atoms with van der Waals surface area (Å²) in [5.41, 5.74) is 2.11. The van der Waals surface area contributed by atoms with Crippen molar-refractivity contribution in [2.45, 2.75) is 45.6 Å². The number of hydrogen-bond acceptors (Lipinski definition) is 5. The molecule has 1 aromatic carbocycles. The Bertz CT molecular complexity index is 1050. The van der Waals surface area contributed by atoms with Gasteiger partial charge in [-0.25, -0.2) is 0 Å². The number of imide groups is 1. The van der Waals surface area contributed by atoms with Gasteiger partial charge in [-0.2, -0.15) is 0 Å². The van der Waals surface area contributed by atoms with E-state index in [1.807, 2.05) is 0 Å². The number of anilines is 1. The number of nitrogens with zero attached hydrogens (tertiary/aromatic N) is 1. The molecule has 0 fully saturated rings. The molecule has 31 heavy (non-hydrogen) atoms. The maximum absolute atomic E-state index is 13.4. The molecule has 4 amide bonds. The molecule has 0 radical (unpaired) electrons. The fourth-order valence-corrected chi connectivity index (χ4v) is 5.67. The number of hydrogen-bond donors (Lipinski definition) is 2. The molecule has 8 heteroatoms. The Hall–Kier alpha value is -3.00. The smallest absolute Gasteiger partial charge is 0.262 e. The Morgan fingerprint density at radius 2 is 1.65 bits per heavy atom. The lowest BCUT2D eigenvalue weighted by Gasteiger charge is -2.28. The maximum atomic E-state index is 13.4. The number of amides is 4. The second-order valence-corrected chi connectivity index (χ2v) is 9.30. The molecule has 0 saturated carbocycles. The Balaban J connectivity index is 1.67. The van der Waals surface area contributed by atoms with Crippen molar-refractivity contribution in [1.82, 2.24) is 10.2 Å². The Labute approximate surface area is 184 Å². The van der Waals surface area contributed by atoms with E-state index in [2.05, 4.69) is 10.6 Å². The number of thiophene rings is 1. The van der Waals surface area contributed by atoms with E-state index in [-0.39, 0.29) is 11.8 Å². The summed E-state index contributed by atoms with van der Waals surface area (Å²) >= 11 is 1.41. The fourth-order valence-electron chi connectivity index (χ4n) is 4.38. The van der Waals surface area contributed by atoms with E-state index in [4.69, 9.17) is 0 Å². The number of aryl methyl sites for hydroxylation is 1. The first-order valence-corrected chi connectivity index (χ1v) is 11.3. The molecule has 1 aromatic heterocycles. The third kappa shape index (κ3) is 3.54. The highest BCUT2D eigenvalue weighted by atomic mass is 32.1. The molecule has 0 unspecified atom stereocenters. The maximum Gasteiger partial charge on any atom is 0.262 e. The topological polar surface area (TPSA) is 95.6 Å². The lowest BCUT2D eigenvalue weighted by molar-refractivity contribution is -0.121. The summed E-state index contributed by atoms with van der Waals surface area (Å²) < 4.78 is 0. The average Bonchev–Trinajstić information content (AvgIpc) is 3.24. The molecule has 4 rings (SSSR count). The van der Waals surface area contributed by atoms with E-state index >= 15 is 0 Å². The van der Waals surface area contributed by atoms with Gasteiger partial charge in [0.15, 0.2) is 0 Å². The number of fused-ring (bicyclic) bond motifs is 2. The molecule has 1 aliphatic heterocycles. The van der Waals surface area contributed by atoms with Crippen molar-refractivity contribution in [3.05, 3.63) is 51.4 Å². The summed E-state index contributed by atoms with van der Waals surface area (Å²) in [4.78, 5) is 54.0. The summed E-state index contributed by atoms with van der Waals surface area (Å²) in [5, 5.41) is 6.03. The minimum atomic E-state index is -0.982. The Kier molecular flexibility index (Phi) is 5.66. The second-order valence-electron chi connectivity index (χ2n) is 8.20. The fraction of sp³-hybridized carbons (Fsp3) is 0.391. The highest BCUT2D eigenvalue weighted by Gasteiger charge is 2.44. The minimum absolute atomic E-state index is 0.239. The molecule has 0 spiro atoms. The molecular formula is C23H25N3O4S. The van der Waals surface area contributed by atoms with Gasteiger partial charge in [-0.1, -0.05) is 26.0 Å². The van der Waals surface area contributed by atoms with E-state index in [9.17, 15) is 19.2 Å². The van der Waals surface area contributed by atoms with Crippen molar-refractivity contribution < 1.29 is 19.2 Å². The Morgan fingerprint density at radius 3 is 2.23 bits per heavy atom. The molecule has 2 aliphatic rings. The van der Waals surface area contributed by atoms with Gasteiger partial charge in [0.25, 0.3) is 17.7 Å². The van der Waals surface area contributed by atoms with Crippen LogP contribution in [0.1, 0.15) is 68.2 Å². The molecule has 0 saturated heterocycles. The first-order chi connectivity index (χ1) is 14.8. The summed E-state index contributed by atoms with van der Waals surface area (Å²) in [7, 11) is 1.57. The van der Waals surface area contributed by atoms with Crippen LogP contribution in [0.3, 0.4) is 0 Å². The second kappa shape index (κ2) is 8.26. The zero-order valence-corrected chi connectivity index (χ0v) is 18.6. The third-order valence-corrected chi connectivity index (χ3v) is 7.07. The van der Waals surface area contributed by atoms with E-state index in [0.717, 1.165) is 41.0 Å². The van der Waals surface area contributed by atoms with Gasteiger partial charge >= 0.3 is 0 Å². The van der Waals surface area contributed by atoms with Gasteiger partial charge in [0, 0.05) is 11.9 Å². The van der Waals surface area contributed by atoms with E-state index in [1.165, 1.54) is 11.3 Å². The first-order valence-electron chi connectivity index (χ1n) is 10.5. The number of nitrogens with one attached hydrogen (secondary N) is 2. The highest BCUT2D eigenvalue weighted by molar-refractivity contribution is 7.17. The minimum Gasteiger partial charge on any atom is -0.355 e. The molecule has 2 heterocycles. The zero-order valence-electron chi connectivity index (χ0n) is 17.8. The Morgan fingerprint density at radius 1 is 1.03 bits per heavy atom. The van der Waals surface area contributed by atoms with Crippen LogP contribution in [0.15, 0.2) is 24.3 Å². The number of carbonyl (C=O) groups excluding carboxylic acids is 4. The molecule has 2 N–H and O–H groups in total. The van der Waals surface area contributed by atoms with Crippen LogP contribution in [0.5, 0.6) is 0 Å². The molecule has 1 aliphatic carbocycles. The highest BCUT2D eigenvalue weighted by Crippen LogP contribution is 2.38. The molecule has 162 valence electrons. The van der Waals surface area contributed by atoms with E-state index < -0.39 is 23.8 Å². The molecular weight excluding hydrogens is 414 g/mol. The zero-order chi connectivity index (χ0) is 22.3. The molecule has 2 aromatic rings. The van der Waals surface area contributed by atoms with Gasteiger partial charge in [-0.05, 0) is 49.3 Å². The van der Waals surface area contributed by atoms with Gasteiger partial charge in [-0.15, -0.1) is 11.3 Å². The summed E-state index contributed by atoms with van der Waals surface area (Å²) in [6.45, 7) is 3.60. The van der Waals surface area contributed by atoms with Crippen molar-refractivity contribution in [3.8, 4) is 0 Å². The van der Waals surface area contributed by atoms with Crippen LogP contribution in [-0.4, -0.2) is 41.6 Å². The van der Waals surface area contributed by atoms with Crippen LogP contribution < -0.4 is 10.6 Å². The SMILES string of the molecule is CNC(=O)c1c(NC(=O)[C@H](C(C)C)N2C(=O)c3ccccc3C2=O)sc2c1CCCC2. The normalized spacial score (nSPS) is 16.2. The summed E-state index contributed by atoms with van der Waals surface area (Å²) in [6.07, 6.45) is 3.74. The predicted molar refractivity (Wildman–Crippen MR) is 119 cm³/mol. The summed E-state index contributed by atoms with van der Waals surface area (Å²) in [5.74, 6) is -1.94. The van der Waals surface area contributed by atoms with Gasteiger partial charge in [-0.3, -0.25) is 24.1 Å². The van der Waals surface area contributed by atoms with Crippen LogP contribution in [-0.2, 0) is 17.6 Å². The third-order valence-electron chi connectivity index (χ3n) is 5.87. The van der Waals surface area contributed by atoms with Crippen molar-refractivity contribution in [3.63, 3.8) is 0 Å². The number of benzene rings is 1. The van der Waals surface area contributed by atoms with Gasteiger partial charge in [0.1, 0.15) is 11.0 Å². The molecule has 7 nitrogen and oxygen atoms in total. The van der Waals surface area contributed by atoms with E-state index in [1.54, 1.807) is 45.2 Å². The van der Waals surface area contributed by atoms with Crippen molar-refractivity contribution in [2.24, 2.45) is 5.92 Å². The lowest BCUT2D eigenvalue weighted by atomic mass is 9.95. The molecule has 1 atom stereocenters. The van der Waals surface area contributed by atoms with Crippen LogP contribution >= 0.6 is 11.3 Å². The van der Waals surface area contributed by atoms with Crippen LogP contribution in [0.4, 0.5) is 5.00 Å². The van der Waals surface area contributed by atoms with Gasteiger partial charge in [0.05, 0.1) is 16.7 Å². The van der Waals surface area contributed by atoms with Crippen LogP contribution in [0.25, 0.3) is 0 Å². The predicted octanol–water partition coefficient (Wildman–Crippen LogP) is 3.25. The van der Waals surface area contributed by atoms with Crippen LogP contribution in [0, 0.1) is 5.92 Å². The standard InChI is InChI=1S/C23H25N3O4S/c1-12(2)18(26-22(29)13-8-4-5-9-14(13)23(26)30)20(28)25-21-17(19(27)24-3)15-10-6-7-11-16(15)31-21/h4-5,8-9,12,18H,6-7,10-11H2,1-3H3,(H,24,27)(H,25,28)/t18-/m0/s1. The van der Waals surface area contributed by atoms with Crippen LogP contribution in [0.2, 0.25) is 0 Å². The quantitative estimate of drug-likeness (QED) is 0.699. The molecule has 0 bridgehead atoms. The largest absolute Gasteiger partial charge is 0.355 e. The summed E-state index contributed by atoms with van der Waals surface area (Å²) in [6, 6.07) is 5.61. The number of rotatable bonds is 5. The van der Waals surface area contributed by atoms with Crippen molar-refractivity contribution >= 4 is 40.0 Å². The average molecular weight is 440 g/mol. The van der Waals surface area contributed by atoms with E-state index in [0.29, 0.717) is 21.7 Å². The first kappa shape index (κ1) is 21.2. The lowest BCUT2D eigenvalue weighted by Crippen LogP contribution is -2.50. The van der Waals surface area contributed by atoms with Gasteiger partial charge in [0.2, 0.25) is 5.91 Å². The monoisotopic (exact) mass is 439 g/mol.